The Morgan fingerprint density at radius 3 is 3.00 bits per heavy atom. The van der Waals surface area contributed by atoms with Crippen molar-refractivity contribution in [2.75, 3.05) is 7.11 Å². The number of carbonyl (C=O) groups excluding carboxylic acids is 1. The van der Waals surface area contributed by atoms with Crippen molar-refractivity contribution in [3.63, 3.8) is 0 Å². The van der Waals surface area contributed by atoms with Crippen LogP contribution in [0.5, 0.6) is 11.5 Å². The van der Waals surface area contributed by atoms with E-state index in [9.17, 15) is 9.90 Å². The summed E-state index contributed by atoms with van der Waals surface area (Å²) in [4.78, 5) is 11.8. The molecule has 2 aromatic rings. The fourth-order valence-corrected chi connectivity index (χ4v) is 1.40. The molecule has 0 radical (unpaired) electrons. The van der Waals surface area contributed by atoms with Crippen molar-refractivity contribution in [1.82, 2.24) is 5.43 Å². The van der Waals surface area contributed by atoms with Crippen LogP contribution in [0.3, 0.4) is 0 Å². The van der Waals surface area contributed by atoms with Gasteiger partial charge in [-0.05, 0) is 30.3 Å². The second-order valence-corrected chi connectivity index (χ2v) is 3.60. The maximum Gasteiger partial charge on any atom is 0.271 e. The molecule has 0 saturated carbocycles. The fourth-order valence-electron chi connectivity index (χ4n) is 1.40. The van der Waals surface area contributed by atoms with Crippen molar-refractivity contribution in [2.24, 2.45) is 5.10 Å². The van der Waals surface area contributed by atoms with Gasteiger partial charge in [0.1, 0.15) is 5.76 Å². The Balaban J connectivity index is 2.04. The second kappa shape index (κ2) is 5.72. The lowest BCUT2D eigenvalue weighted by atomic mass is 10.2. The van der Waals surface area contributed by atoms with Gasteiger partial charge in [0.2, 0.25) is 0 Å². The van der Waals surface area contributed by atoms with Gasteiger partial charge in [-0.3, -0.25) is 4.79 Å². The maximum atomic E-state index is 11.8. The quantitative estimate of drug-likeness (QED) is 0.648. The molecule has 1 aromatic carbocycles. The normalized spacial score (nSPS) is 10.6. The zero-order chi connectivity index (χ0) is 13.7. The van der Waals surface area contributed by atoms with Gasteiger partial charge in [0.25, 0.3) is 5.91 Å². The number of phenols is 1. The predicted molar refractivity (Wildman–Crippen MR) is 68.4 cm³/mol. The third kappa shape index (κ3) is 3.12. The van der Waals surface area contributed by atoms with E-state index in [4.69, 9.17) is 9.15 Å². The molecule has 2 rings (SSSR count). The number of hydrogen-bond acceptors (Lipinski definition) is 5. The minimum atomic E-state index is -0.416. The fraction of sp³-hybridized carbons (Fsp3) is 0.0769. The minimum absolute atomic E-state index is 0.0295. The topological polar surface area (TPSA) is 84.1 Å². The van der Waals surface area contributed by atoms with E-state index in [2.05, 4.69) is 10.5 Å². The van der Waals surface area contributed by atoms with E-state index in [-0.39, 0.29) is 11.5 Å². The number of nitrogens with zero attached hydrogens (tertiary/aromatic N) is 1. The highest BCUT2D eigenvalue weighted by Gasteiger charge is 2.08. The van der Waals surface area contributed by atoms with Gasteiger partial charge >= 0.3 is 0 Å². The molecule has 0 bridgehead atoms. The first-order chi connectivity index (χ1) is 9.20. The van der Waals surface area contributed by atoms with E-state index in [1.807, 2.05) is 0 Å². The number of hydrazone groups is 1. The zero-order valence-electron chi connectivity index (χ0n) is 10.2. The maximum absolute atomic E-state index is 11.8. The summed E-state index contributed by atoms with van der Waals surface area (Å²) >= 11 is 0. The van der Waals surface area contributed by atoms with Crippen molar-refractivity contribution in [1.29, 1.82) is 0 Å². The Bertz CT molecular complexity index is 591. The molecule has 98 valence electrons. The molecular weight excluding hydrogens is 248 g/mol. The van der Waals surface area contributed by atoms with Gasteiger partial charge in [0.05, 0.1) is 19.6 Å². The van der Waals surface area contributed by atoms with Crippen LogP contribution < -0.4 is 10.2 Å². The number of nitrogens with one attached hydrogen (secondary N) is 1. The first-order valence-corrected chi connectivity index (χ1v) is 5.44. The lowest BCUT2D eigenvalue weighted by molar-refractivity contribution is 0.0954. The molecular formula is C13H12N2O4. The summed E-state index contributed by atoms with van der Waals surface area (Å²) in [5.74, 6) is 0.311. The van der Waals surface area contributed by atoms with Crippen LogP contribution in [0.4, 0.5) is 0 Å². The first-order valence-electron chi connectivity index (χ1n) is 5.44. The Hall–Kier alpha value is -2.76. The van der Waals surface area contributed by atoms with E-state index in [0.29, 0.717) is 11.3 Å². The van der Waals surface area contributed by atoms with Gasteiger partial charge in [-0.2, -0.15) is 5.10 Å². The van der Waals surface area contributed by atoms with Crippen molar-refractivity contribution < 1.29 is 19.1 Å². The zero-order valence-corrected chi connectivity index (χ0v) is 10.2. The number of furan rings is 1. The summed E-state index contributed by atoms with van der Waals surface area (Å²) in [5, 5.41) is 13.2. The number of amides is 1. The molecule has 0 saturated heterocycles. The number of hydrogen-bond donors (Lipinski definition) is 2. The summed E-state index contributed by atoms with van der Waals surface area (Å²) in [6.07, 6.45) is 2.89. The third-order valence-electron chi connectivity index (χ3n) is 2.34. The van der Waals surface area contributed by atoms with Crippen molar-refractivity contribution >= 4 is 12.1 Å². The molecule has 2 N–H and O–H groups in total. The van der Waals surface area contributed by atoms with Crippen LogP contribution in [0, 0.1) is 0 Å². The van der Waals surface area contributed by atoms with E-state index in [1.54, 1.807) is 12.1 Å². The van der Waals surface area contributed by atoms with Crippen LogP contribution in [0.25, 0.3) is 0 Å². The molecule has 0 atom stereocenters. The molecule has 0 spiro atoms. The lowest BCUT2D eigenvalue weighted by Gasteiger charge is -2.05. The summed E-state index contributed by atoms with van der Waals surface area (Å²) in [7, 11) is 1.41. The highest BCUT2D eigenvalue weighted by molar-refractivity contribution is 5.95. The number of rotatable bonds is 4. The third-order valence-corrected chi connectivity index (χ3v) is 2.34. The molecule has 0 unspecified atom stereocenters. The number of aromatic hydroxyl groups is 1. The molecule has 19 heavy (non-hydrogen) atoms. The van der Waals surface area contributed by atoms with Gasteiger partial charge in [-0.1, -0.05) is 0 Å². The average Bonchev–Trinajstić information content (AvgIpc) is 2.92. The molecule has 1 aromatic heterocycles. The van der Waals surface area contributed by atoms with Gasteiger partial charge in [0, 0.05) is 5.56 Å². The Morgan fingerprint density at radius 1 is 1.47 bits per heavy atom. The number of phenolic OH excluding ortho intramolecular Hbond substituents is 1. The Morgan fingerprint density at radius 2 is 2.32 bits per heavy atom. The van der Waals surface area contributed by atoms with Gasteiger partial charge in [-0.15, -0.1) is 0 Å². The first kappa shape index (κ1) is 12.7. The Labute approximate surface area is 109 Å². The average molecular weight is 260 g/mol. The standard InChI is InChI=1S/C13H12N2O4/c1-18-12-7-9(4-5-11(12)16)13(17)15-14-8-10-3-2-6-19-10/h2-8,16H,1H3,(H,15,17)/b14-8-. The van der Waals surface area contributed by atoms with Crippen LogP contribution in [-0.2, 0) is 0 Å². The van der Waals surface area contributed by atoms with Crippen molar-refractivity contribution in [3.8, 4) is 11.5 Å². The van der Waals surface area contributed by atoms with E-state index in [1.165, 1.54) is 37.8 Å². The SMILES string of the molecule is COc1cc(C(=O)N/N=C\c2ccco2)ccc1O. The second-order valence-electron chi connectivity index (χ2n) is 3.60. The van der Waals surface area contributed by atoms with Crippen molar-refractivity contribution in [2.45, 2.75) is 0 Å². The van der Waals surface area contributed by atoms with Crippen LogP contribution >= 0.6 is 0 Å². The number of methoxy groups -OCH3 is 1. The largest absolute Gasteiger partial charge is 0.504 e. The van der Waals surface area contributed by atoms with Gasteiger partial charge in [0.15, 0.2) is 11.5 Å². The van der Waals surface area contributed by atoms with Gasteiger partial charge < -0.3 is 14.3 Å². The summed E-state index contributed by atoms with van der Waals surface area (Å²) in [6.45, 7) is 0. The van der Waals surface area contributed by atoms with Crippen LogP contribution in [0.1, 0.15) is 16.1 Å². The molecule has 6 heteroatoms. The molecule has 1 amide bonds. The highest BCUT2D eigenvalue weighted by Crippen LogP contribution is 2.26. The van der Waals surface area contributed by atoms with Crippen molar-refractivity contribution in [3.05, 3.63) is 47.9 Å². The number of ether oxygens (including phenoxy) is 1. The lowest BCUT2D eigenvalue weighted by Crippen LogP contribution is -2.17. The molecule has 0 aliphatic carbocycles. The predicted octanol–water partition coefficient (Wildman–Crippen LogP) is 1.76. The van der Waals surface area contributed by atoms with E-state index in [0.717, 1.165) is 0 Å². The molecule has 1 heterocycles. The molecule has 0 aliphatic heterocycles. The molecule has 0 fully saturated rings. The number of benzene rings is 1. The van der Waals surface area contributed by atoms with Crippen LogP contribution in [0.15, 0.2) is 46.1 Å². The highest BCUT2D eigenvalue weighted by atomic mass is 16.5. The number of carbonyl (C=O) groups is 1. The molecule has 0 aliphatic rings. The van der Waals surface area contributed by atoms with E-state index < -0.39 is 5.91 Å². The summed E-state index contributed by atoms with van der Waals surface area (Å²) in [5.41, 5.74) is 2.67. The van der Waals surface area contributed by atoms with Crippen LogP contribution in [0.2, 0.25) is 0 Å². The monoisotopic (exact) mass is 260 g/mol. The van der Waals surface area contributed by atoms with Gasteiger partial charge in [-0.25, -0.2) is 5.43 Å². The Kier molecular flexibility index (Phi) is 3.82. The van der Waals surface area contributed by atoms with E-state index >= 15 is 0 Å². The smallest absolute Gasteiger partial charge is 0.271 e. The molecule has 6 nitrogen and oxygen atoms in total. The van der Waals surface area contributed by atoms with Crippen LogP contribution in [-0.4, -0.2) is 24.3 Å². The minimum Gasteiger partial charge on any atom is -0.504 e. The summed E-state index contributed by atoms with van der Waals surface area (Å²) < 4.78 is 9.94. The summed E-state index contributed by atoms with van der Waals surface area (Å²) in [6, 6.07) is 7.69.